The zero-order valence-electron chi connectivity index (χ0n) is 17.9. The number of thioether (sulfide) groups is 1. The maximum absolute atomic E-state index is 13.0. The first-order valence-electron chi connectivity index (χ1n) is 10.3. The van der Waals surface area contributed by atoms with Gasteiger partial charge in [0.05, 0.1) is 23.4 Å². The molecule has 6 nitrogen and oxygen atoms in total. The van der Waals surface area contributed by atoms with Gasteiger partial charge in [-0.1, -0.05) is 11.6 Å². The second-order valence-electron chi connectivity index (χ2n) is 7.48. The molecule has 8 heteroatoms. The number of methoxy groups -OCH3 is 1. The molecule has 0 radical (unpaired) electrons. The molecule has 1 fully saturated rings. The van der Waals surface area contributed by atoms with Gasteiger partial charge in [0, 0.05) is 54.3 Å². The van der Waals surface area contributed by atoms with E-state index in [1.807, 2.05) is 58.7 Å². The molecule has 1 aliphatic rings. The van der Waals surface area contributed by atoms with Gasteiger partial charge in [0.2, 0.25) is 0 Å². The predicted molar refractivity (Wildman–Crippen MR) is 130 cm³/mol. The van der Waals surface area contributed by atoms with Crippen molar-refractivity contribution < 1.29 is 14.3 Å². The Balaban J connectivity index is 1.55. The maximum atomic E-state index is 13.0. The first kappa shape index (κ1) is 22.3. The molecule has 0 atom stereocenters. The fourth-order valence-corrected chi connectivity index (χ4v) is 4.82. The summed E-state index contributed by atoms with van der Waals surface area (Å²) in [5.41, 5.74) is 3.13. The summed E-state index contributed by atoms with van der Waals surface area (Å²) in [6.45, 7) is 3.40. The number of hydrogen-bond donors (Lipinski definition) is 1. The number of carbonyl (C=O) groups excluding carboxylic acids is 2. The number of hydrogen-bond acceptors (Lipinski definition) is 4. The number of anilines is 1. The van der Waals surface area contributed by atoms with Crippen LogP contribution in [0.4, 0.5) is 5.69 Å². The SMILES string of the molecule is COc1cc(-n2cccc2)c(Cl)cc1C(=O)Nc1ccc(C(=O)N2CCSCC2)cc1C. The van der Waals surface area contributed by atoms with Gasteiger partial charge in [-0.25, -0.2) is 0 Å². The molecule has 2 amide bonds. The highest BCUT2D eigenvalue weighted by Crippen LogP contribution is 2.31. The molecule has 0 aliphatic carbocycles. The number of aromatic nitrogens is 1. The molecule has 1 N–H and O–H groups in total. The highest BCUT2D eigenvalue weighted by molar-refractivity contribution is 7.99. The van der Waals surface area contributed by atoms with Crippen LogP contribution in [0.3, 0.4) is 0 Å². The van der Waals surface area contributed by atoms with E-state index < -0.39 is 0 Å². The fraction of sp³-hybridized carbons (Fsp3) is 0.250. The van der Waals surface area contributed by atoms with Crippen LogP contribution in [-0.4, -0.2) is 53.0 Å². The van der Waals surface area contributed by atoms with E-state index in [4.69, 9.17) is 16.3 Å². The number of nitrogens with zero attached hydrogens (tertiary/aromatic N) is 2. The third-order valence-corrected chi connectivity index (χ3v) is 6.66. The molecule has 0 saturated carbocycles. The summed E-state index contributed by atoms with van der Waals surface area (Å²) in [6, 6.07) is 12.5. The molecule has 1 saturated heterocycles. The lowest BCUT2D eigenvalue weighted by atomic mass is 10.1. The summed E-state index contributed by atoms with van der Waals surface area (Å²) in [6.07, 6.45) is 3.74. The largest absolute Gasteiger partial charge is 0.496 e. The summed E-state index contributed by atoms with van der Waals surface area (Å²) < 4.78 is 7.32. The summed E-state index contributed by atoms with van der Waals surface area (Å²) in [5, 5.41) is 3.35. The second-order valence-corrected chi connectivity index (χ2v) is 9.11. The first-order chi connectivity index (χ1) is 15.5. The molecule has 4 rings (SSSR count). The molecule has 166 valence electrons. The van der Waals surface area contributed by atoms with Crippen LogP contribution in [0.1, 0.15) is 26.3 Å². The van der Waals surface area contributed by atoms with Crippen LogP contribution in [0.5, 0.6) is 5.75 Å². The monoisotopic (exact) mass is 469 g/mol. The van der Waals surface area contributed by atoms with Crippen molar-refractivity contribution in [3.8, 4) is 11.4 Å². The van der Waals surface area contributed by atoms with E-state index in [1.165, 1.54) is 7.11 Å². The third kappa shape index (κ3) is 4.64. The van der Waals surface area contributed by atoms with Crippen molar-refractivity contribution >= 4 is 40.9 Å². The van der Waals surface area contributed by atoms with Crippen molar-refractivity contribution in [2.75, 3.05) is 37.0 Å². The highest BCUT2D eigenvalue weighted by Gasteiger charge is 2.20. The minimum absolute atomic E-state index is 0.0281. The molecule has 0 spiro atoms. The molecule has 1 aliphatic heterocycles. The van der Waals surface area contributed by atoms with Crippen molar-refractivity contribution in [1.29, 1.82) is 0 Å². The van der Waals surface area contributed by atoms with Crippen molar-refractivity contribution in [2.24, 2.45) is 0 Å². The standard InChI is InChI=1S/C24H24ClN3O3S/c1-16-13-17(24(30)28-9-11-32-12-10-28)5-6-20(16)26-23(29)18-14-19(25)21(15-22(18)31-2)27-7-3-4-8-27/h3-8,13-15H,9-12H2,1-2H3,(H,26,29). The lowest BCUT2D eigenvalue weighted by molar-refractivity contribution is 0.0772. The van der Waals surface area contributed by atoms with Crippen LogP contribution < -0.4 is 10.1 Å². The molecular formula is C24H24ClN3O3S. The lowest BCUT2D eigenvalue weighted by Crippen LogP contribution is -2.37. The molecule has 2 aromatic carbocycles. The molecule has 3 aromatic rings. The van der Waals surface area contributed by atoms with Crippen molar-refractivity contribution in [3.63, 3.8) is 0 Å². The van der Waals surface area contributed by atoms with Crippen molar-refractivity contribution in [2.45, 2.75) is 6.92 Å². The van der Waals surface area contributed by atoms with Crippen molar-refractivity contribution in [1.82, 2.24) is 9.47 Å². The smallest absolute Gasteiger partial charge is 0.259 e. The Hall–Kier alpha value is -2.90. The van der Waals surface area contributed by atoms with E-state index in [-0.39, 0.29) is 11.8 Å². The molecule has 0 unspecified atom stereocenters. The minimum atomic E-state index is -0.335. The summed E-state index contributed by atoms with van der Waals surface area (Å²) in [7, 11) is 1.52. The van der Waals surface area contributed by atoms with Gasteiger partial charge in [-0.2, -0.15) is 11.8 Å². The highest BCUT2D eigenvalue weighted by atomic mass is 35.5. The van der Waals surface area contributed by atoms with E-state index in [2.05, 4.69) is 5.32 Å². The predicted octanol–water partition coefficient (Wildman–Crippen LogP) is 4.89. The van der Waals surface area contributed by atoms with E-state index in [0.717, 1.165) is 35.8 Å². The van der Waals surface area contributed by atoms with E-state index >= 15 is 0 Å². The average molecular weight is 470 g/mol. The Morgan fingerprint density at radius 2 is 1.81 bits per heavy atom. The molecule has 1 aromatic heterocycles. The zero-order chi connectivity index (χ0) is 22.7. The molecule has 32 heavy (non-hydrogen) atoms. The van der Waals surface area contributed by atoms with Gasteiger partial charge in [-0.05, 0) is 48.9 Å². The Labute approximate surface area is 196 Å². The Morgan fingerprint density at radius 1 is 1.09 bits per heavy atom. The minimum Gasteiger partial charge on any atom is -0.496 e. The average Bonchev–Trinajstić information content (AvgIpc) is 3.35. The van der Waals surface area contributed by atoms with Gasteiger partial charge in [-0.15, -0.1) is 0 Å². The van der Waals surface area contributed by atoms with Gasteiger partial charge >= 0.3 is 0 Å². The molecular weight excluding hydrogens is 446 g/mol. The lowest BCUT2D eigenvalue weighted by Gasteiger charge is -2.26. The van der Waals surface area contributed by atoms with Crippen LogP contribution >= 0.6 is 23.4 Å². The first-order valence-corrected chi connectivity index (χ1v) is 11.8. The quantitative estimate of drug-likeness (QED) is 0.578. The Bertz CT molecular complexity index is 1140. The summed E-state index contributed by atoms with van der Waals surface area (Å²) in [4.78, 5) is 27.7. The Morgan fingerprint density at radius 3 is 2.47 bits per heavy atom. The number of nitrogens with one attached hydrogen (secondary N) is 1. The summed E-state index contributed by atoms with van der Waals surface area (Å²) >= 11 is 8.32. The van der Waals surface area contributed by atoms with Crippen LogP contribution in [0.15, 0.2) is 54.9 Å². The number of ether oxygens (including phenoxy) is 1. The van der Waals surface area contributed by atoms with E-state index in [0.29, 0.717) is 27.6 Å². The van der Waals surface area contributed by atoms with Crippen LogP contribution in [-0.2, 0) is 0 Å². The van der Waals surface area contributed by atoms with Crippen LogP contribution in [0.2, 0.25) is 5.02 Å². The fourth-order valence-electron chi connectivity index (χ4n) is 3.66. The van der Waals surface area contributed by atoms with Crippen molar-refractivity contribution in [3.05, 3.63) is 76.6 Å². The number of benzene rings is 2. The number of carbonyl (C=O) groups is 2. The number of aryl methyl sites for hydroxylation is 1. The van der Waals surface area contributed by atoms with Gasteiger partial charge in [0.1, 0.15) is 5.75 Å². The van der Waals surface area contributed by atoms with Gasteiger partial charge in [0.15, 0.2) is 0 Å². The number of amides is 2. The normalized spacial score (nSPS) is 13.7. The van der Waals surface area contributed by atoms with Crippen LogP contribution in [0, 0.1) is 6.92 Å². The Kier molecular flexibility index (Phi) is 6.77. The molecule has 0 bridgehead atoms. The maximum Gasteiger partial charge on any atom is 0.259 e. The van der Waals surface area contributed by atoms with Crippen LogP contribution in [0.25, 0.3) is 5.69 Å². The topological polar surface area (TPSA) is 63.6 Å². The van der Waals surface area contributed by atoms with E-state index in [1.54, 1.807) is 24.3 Å². The zero-order valence-corrected chi connectivity index (χ0v) is 19.5. The van der Waals surface area contributed by atoms with E-state index in [9.17, 15) is 9.59 Å². The van der Waals surface area contributed by atoms with Gasteiger partial charge < -0.3 is 19.5 Å². The van der Waals surface area contributed by atoms with Gasteiger partial charge in [-0.3, -0.25) is 9.59 Å². The van der Waals surface area contributed by atoms with Gasteiger partial charge in [0.25, 0.3) is 11.8 Å². The molecule has 2 heterocycles. The third-order valence-electron chi connectivity index (χ3n) is 5.42. The number of rotatable bonds is 5. The number of halogens is 1. The summed E-state index contributed by atoms with van der Waals surface area (Å²) in [5.74, 6) is 2.04. The second kappa shape index (κ2) is 9.71.